The average molecular weight is 609 g/mol. The number of hydrogen-bond donors (Lipinski definition) is 1. The molecule has 0 saturated heterocycles. The summed E-state index contributed by atoms with van der Waals surface area (Å²) in [6, 6.07) is 10.6. The summed E-state index contributed by atoms with van der Waals surface area (Å²) in [4.78, 5) is 18.6. The third-order valence-corrected chi connectivity index (χ3v) is 6.63. The zero-order valence-electron chi connectivity index (χ0n) is 29.3. The number of ether oxygens (including phenoxy) is 1. The summed E-state index contributed by atoms with van der Waals surface area (Å²) >= 11 is 0. The van der Waals surface area contributed by atoms with Gasteiger partial charge in [0.05, 0.1) is 12.9 Å². The lowest BCUT2D eigenvalue weighted by molar-refractivity contribution is -0.113. The van der Waals surface area contributed by atoms with Gasteiger partial charge >= 0.3 is 0 Å². The van der Waals surface area contributed by atoms with Crippen LogP contribution < -0.4 is 0 Å². The lowest BCUT2D eigenvalue weighted by Gasteiger charge is -2.09. The number of carbonyl (C=O) groups is 1. The average Bonchev–Trinajstić information content (AvgIpc) is 2.99. The number of aromatic hydroxyl groups is 1. The minimum absolute atomic E-state index is 0.133. The molecule has 0 fully saturated rings. The van der Waals surface area contributed by atoms with Crippen LogP contribution in [0.15, 0.2) is 84.2 Å². The van der Waals surface area contributed by atoms with Gasteiger partial charge in [-0.1, -0.05) is 45.0 Å². The van der Waals surface area contributed by atoms with E-state index < -0.39 is 0 Å². The second-order valence-corrected chi connectivity index (χ2v) is 10.7. The van der Waals surface area contributed by atoms with Gasteiger partial charge in [0.1, 0.15) is 17.3 Å². The second-order valence-electron chi connectivity index (χ2n) is 10.7. The summed E-state index contributed by atoms with van der Waals surface area (Å²) in [5, 5.41) is 9.30. The van der Waals surface area contributed by atoms with Gasteiger partial charge in [-0.15, -0.1) is 13.2 Å². The Morgan fingerprint density at radius 2 is 1.66 bits per heavy atom. The van der Waals surface area contributed by atoms with Crippen molar-refractivity contribution < 1.29 is 19.0 Å². The van der Waals surface area contributed by atoms with Gasteiger partial charge in [0.15, 0.2) is 5.78 Å². The molecule has 2 aromatic rings. The van der Waals surface area contributed by atoms with Crippen molar-refractivity contribution in [1.82, 2.24) is 4.90 Å². The molecule has 0 bridgehead atoms. The molecule has 2 rings (SSSR count). The number of Topliss-reactive ketones (excluding diaryl/α,β-unsaturated/α-hetero) is 1. The van der Waals surface area contributed by atoms with Gasteiger partial charge < -0.3 is 14.7 Å². The number of carbonyl (C=O) groups excluding carboxylic acids is 1. The summed E-state index contributed by atoms with van der Waals surface area (Å²) in [5.74, 6) is 1.36. The van der Waals surface area contributed by atoms with Crippen LogP contribution >= 0.6 is 0 Å². The van der Waals surface area contributed by atoms with E-state index in [4.69, 9.17) is 4.74 Å². The molecule has 0 aliphatic rings. The molecule has 0 radical (unpaired) electrons. The number of aliphatic imine (C=N–C) groups is 1. The lowest BCUT2D eigenvalue weighted by Crippen LogP contribution is -2.11. The minimum Gasteiger partial charge on any atom is -0.508 e. The first-order chi connectivity index (χ1) is 20.7. The van der Waals surface area contributed by atoms with Crippen molar-refractivity contribution in [1.29, 1.82) is 0 Å². The van der Waals surface area contributed by atoms with Crippen LogP contribution in [0.2, 0.25) is 0 Å². The van der Waals surface area contributed by atoms with Gasteiger partial charge in [-0.3, -0.25) is 4.79 Å². The number of allylic oxidation sites excluding steroid dienone is 6. The predicted octanol–water partition coefficient (Wildman–Crippen LogP) is 10.00. The largest absolute Gasteiger partial charge is 0.508 e. The molecule has 5 nitrogen and oxygen atoms in total. The second kappa shape index (κ2) is 23.7. The zero-order valence-corrected chi connectivity index (χ0v) is 29.3. The van der Waals surface area contributed by atoms with E-state index in [-0.39, 0.29) is 11.6 Å². The van der Waals surface area contributed by atoms with E-state index in [0.717, 1.165) is 28.9 Å². The Morgan fingerprint density at radius 1 is 1.05 bits per heavy atom. The summed E-state index contributed by atoms with van der Waals surface area (Å²) < 4.78 is 18.5. The molecule has 0 aromatic heterocycles. The first-order valence-corrected chi connectivity index (χ1v) is 15.0. The van der Waals surface area contributed by atoms with E-state index in [0.29, 0.717) is 28.6 Å². The molecule has 0 aliphatic carbocycles. The summed E-state index contributed by atoms with van der Waals surface area (Å²) in [5.41, 5.74) is 5.39. The van der Waals surface area contributed by atoms with Crippen molar-refractivity contribution >= 4 is 17.1 Å². The lowest BCUT2D eigenvalue weighted by atomic mass is 9.97. The number of benzene rings is 2. The fourth-order valence-corrected chi connectivity index (χ4v) is 3.71. The first-order valence-electron chi connectivity index (χ1n) is 15.0. The highest BCUT2D eigenvalue weighted by Crippen LogP contribution is 2.24. The highest BCUT2D eigenvalue weighted by atomic mass is 19.1. The summed E-state index contributed by atoms with van der Waals surface area (Å²) in [7, 11) is 5.78. The molecule has 2 aromatic carbocycles. The Balaban J connectivity index is 0. The molecule has 0 spiro atoms. The van der Waals surface area contributed by atoms with E-state index in [9.17, 15) is 14.3 Å². The Labute approximate surface area is 267 Å². The van der Waals surface area contributed by atoms with Crippen LogP contribution in [0.3, 0.4) is 0 Å². The molecule has 244 valence electrons. The van der Waals surface area contributed by atoms with E-state index in [1.54, 1.807) is 38.3 Å². The SMILES string of the molecule is C=C.CCC(C)c1ccc(O)c(C)c1.CCCN(C)C.CO/C(C)=C/C=C\C(C)=N\C(C(C)=O)=C(/C)c1ccc(F)c(C)c1. The van der Waals surface area contributed by atoms with Crippen molar-refractivity contribution in [2.75, 3.05) is 27.7 Å². The van der Waals surface area contributed by atoms with Crippen molar-refractivity contribution in [3.05, 3.63) is 107 Å². The Kier molecular flexibility index (Phi) is 22.8. The molecule has 6 heteroatoms. The van der Waals surface area contributed by atoms with Gasteiger partial charge in [0, 0.05) is 12.6 Å². The molecule has 1 unspecified atom stereocenters. The number of halogens is 1. The molecule has 0 aliphatic heterocycles. The summed E-state index contributed by atoms with van der Waals surface area (Å²) in [6.07, 6.45) is 7.82. The van der Waals surface area contributed by atoms with E-state index in [1.165, 1.54) is 31.5 Å². The maximum Gasteiger partial charge on any atom is 0.178 e. The quantitative estimate of drug-likeness (QED) is 0.0959. The Hall–Kier alpha value is -3.77. The standard InChI is InChI=1S/C20H24FNO2.C11H16O.C5H13N.C2H4/c1-13-12-18(10-11-19(13)21)16(4)20(17(5)23)22-14(2)8-7-9-15(3)24-6;1-4-8(2)10-5-6-11(12)9(3)7-10;1-4-5-6(2)3;1-2/h7-12H,1-6H3;5-8,12H,4H2,1-3H3;4-5H2,1-3H3;1-2H2/b8-7-,15-9+,20-16+,22-14+;;;. The normalized spacial score (nSPS) is 12.6. The summed E-state index contributed by atoms with van der Waals surface area (Å²) in [6.45, 7) is 24.3. The maximum absolute atomic E-state index is 13.4. The third kappa shape index (κ3) is 17.4. The van der Waals surface area contributed by atoms with Crippen LogP contribution in [0.4, 0.5) is 4.39 Å². The van der Waals surface area contributed by atoms with E-state index >= 15 is 0 Å². The number of phenolic OH excluding ortho intramolecular Hbond substituents is 1. The van der Waals surface area contributed by atoms with E-state index in [1.807, 2.05) is 45.9 Å². The van der Waals surface area contributed by atoms with Gasteiger partial charge in [0.25, 0.3) is 0 Å². The van der Waals surface area contributed by atoms with Crippen molar-refractivity contribution in [3.8, 4) is 5.75 Å². The number of hydrogen-bond acceptors (Lipinski definition) is 5. The van der Waals surface area contributed by atoms with Crippen molar-refractivity contribution in [2.45, 2.75) is 81.1 Å². The van der Waals surface area contributed by atoms with E-state index in [2.05, 4.69) is 64.0 Å². The fraction of sp³-hybridized carbons (Fsp3) is 0.421. The van der Waals surface area contributed by atoms with Crippen LogP contribution in [0.1, 0.15) is 89.5 Å². The molecular formula is C38H57FN2O3. The number of ketones is 1. The number of nitrogens with zero attached hydrogens (tertiary/aromatic N) is 2. The van der Waals surface area contributed by atoms with Gasteiger partial charge in [-0.05, 0) is 132 Å². The molecule has 1 N–H and O–H groups in total. The van der Waals surface area contributed by atoms with Crippen molar-refractivity contribution in [3.63, 3.8) is 0 Å². The smallest absolute Gasteiger partial charge is 0.178 e. The van der Waals surface area contributed by atoms with Crippen LogP contribution in [0.25, 0.3) is 5.57 Å². The molecular weight excluding hydrogens is 551 g/mol. The Morgan fingerprint density at radius 3 is 2.09 bits per heavy atom. The van der Waals surface area contributed by atoms with Gasteiger partial charge in [0.2, 0.25) is 0 Å². The van der Waals surface area contributed by atoms with Crippen LogP contribution in [-0.2, 0) is 9.53 Å². The zero-order chi connectivity index (χ0) is 34.4. The topological polar surface area (TPSA) is 62.1 Å². The van der Waals surface area contributed by atoms with Crippen LogP contribution in [0, 0.1) is 19.7 Å². The molecule has 44 heavy (non-hydrogen) atoms. The minimum atomic E-state index is -0.265. The van der Waals surface area contributed by atoms with Crippen LogP contribution in [0.5, 0.6) is 5.75 Å². The number of aryl methyl sites for hydroxylation is 2. The Bertz CT molecular complexity index is 1270. The first kappa shape index (κ1) is 42.4. The third-order valence-electron chi connectivity index (χ3n) is 6.63. The highest BCUT2D eigenvalue weighted by Gasteiger charge is 2.11. The van der Waals surface area contributed by atoms with Crippen LogP contribution in [-0.4, -0.2) is 49.3 Å². The molecule has 0 saturated carbocycles. The molecule has 0 amide bonds. The number of methoxy groups -OCH3 is 1. The number of rotatable bonds is 10. The fourth-order valence-electron chi connectivity index (χ4n) is 3.71. The molecule has 0 heterocycles. The monoisotopic (exact) mass is 608 g/mol. The highest BCUT2D eigenvalue weighted by molar-refractivity contribution is 6.05. The number of phenols is 1. The van der Waals surface area contributed by atoms with Gasteiger partial charge in [-0.2, -0.15) is 0 Å². The van der Waals surface area contributed by atoms with Crippen molar-refractivity contribution in [2.24, 2.45) is 4.99 Å². The predicted molar refractivity (Wildman–Crippen MR) is 189 cm³/mol. The van der Waals surface area contributed by atoms with Gasteiger partial charge in [-0.25, -0.2) is 9.38 Å². The maximum atomic E-state index is 13.4. The molecule has 1 atom stereocenters.